The highest BCUT2D eigenvalue weighted by Crippen LogP contribution is 2.64. The van der Waals surface area contributed by atoms with Crippen molar-refractivity contribution in [2.75, 3.05) is 0 Å². The first-order chi connectivity index (χ1) is 9.97. The highest BCUT2D eigenvalue weighted by atomic mass is 16.1. The van der Waals surface area contributed by atoms with E-state index in [-0.39, 0.29) is 16.7 Å². The summed E-state index contributed by atoms with van der Waals surface area (Å²) in [6.45, 7) is 4.54. The van der Waals surface area contributed by atoms with E-state index in [2.05, 4.69) is 13.8 Å². The first-order valence-electron chi connectivity index (χ1n) is 9.03. The Bertz CT molecular complexity index is 496. The average molecular weight is 288 g/mol. The Hall–Kier alpha value is -0.660. The minimum absolute atomic E-state index is 0.0979. The lowest BCUT2D eigenvalue weighted by molar-refractivity contribution is -0.161. The molecule has 2 nitrogen and oxygen atoms in total. The van der Waals surface area contributed by atoms with Crippen molar-refractivity contribution in [3.8, 4) is 0 Å². The smallest absolute Gasteiger partial charge is 0.139 e. The van der Waals surface area contributed by atoms with Crippen LogP contribution in [0.1, 0.15) is 71.6 Å². The maximum atomic E-state index is 12.9. The van der Waals surface area contributed by atoms with E-state index in [0.29, 0.717) is 29.3 Å². The highest BCUT2D eigenvalue weighted by Gasteiger charge is 2.62. The van der Waals surface area contributed by atoms with E-state index in [1.165, 1.54) is 32.1 Å². The fraction of sp³-hybridized carbons (Fsp3) is 0.895. The van der Waals surface area contributed by atoms with E-state index >= 15 is 0 Å². The third kappa shape index (κ3) is 1.71. The van der Waals surface area contributed by atoms with Gasteiger partial charge in [-0.2, -0.15) is 0 Å². The van der Waals surface area contributed by atoms with Gasteiger partial charge >= 0.3 is 0 Å². The highest BCUT2D eigenvalue weighted by molar-refractivity contribution is 5.89. The Kier molecular flexibility index (Phi) is 2.94. The summed E-state index contributed by atoms with van der Waals surface area (Å²) in [7, 11) is 0. The Morgan fingerprint density at radius 3 is 2.52 bits per heavy atom. The molecule has 0 aliphatic heterocycles. The molecule has 0 amide bonds. The molecule has 4 fully saturated rings. The molecule has 0 aromatic rings. The summed E-state index contributed by atoms with van der Waals surface area (Å²) in [5.41, 5.74) is 0.0249. The minimum Gasteiger partial charge on any atom is -0.299 e. The lowest BCUT2D eigenvalue weighted by Crippen LogP contribution is -2.57. The lowest BCUT2D eigenvalue weighted by Gasteiger charge is -2.58. The van der Waals surface area contributed by atoms with Crippen molar-refractivity contribution >= 4 is 11.6 Å². The van der Waals surface area contributed by atoms with Crippen LogP contribution in [0, 0.1) is 34.5 Å². The van der Waals surface area contributed by atoms with Gasteiger partial charge in [0.05, 0.1) is 0 Å². The first-order valence-corrected chi connectivity index (χ1v) is 9.03. The molecule has 0 radical (unpaired) electrons. The van der Waals surface area contributed by atoms with Crippen molar-refractivity contribution in [3.63, 3.8) is 0 Å². The third-order valence-corrected chi connectivity index (χ3v) is 8.03. The largest absolute Gasteiger partial charge is 0.299 e. The van der Waals surface area contributed by atoms with Crippen LogP contribution in [-0.2, 0) is 9.59 Å². The third-order valence-electron chi connectivity index (χ3n) is 8.03. The monoisotopic (exact) mass is 288 g/mol. The van der Waals surface area contributed by atoms with Crippen LogP contribution in [0.5, 0.6) is 0 Å². The normalized spacial score (nSPS) is 53.0. The second kappa shape index (κ2) is 4.43. The van der Waals surface area contributed by atoms with Crippen molar-refractivity contribution in [2.45, 2.75) is 71.6 Å². The summed E-state index contributed by atoms with van der Waals surface area (Å²) in [5, 5.41) is 0. The Labute approximate surface area is 128 Å². The molecule has 0 saturated heterocycles. The Morgan fingerprint density at radius 2 is 1.71 bits per heavy atom. The number of hydrogen-bond donors (Lipinski definition) is 0. The van der Waals surface area contributed by atoms with Crippen molar-refractivity contribution in [3.05, 3.63) is 0 Å². The SMILES string of the molecule is C[C@]12CCCC[C@@H]1C(=O)C[C@@H]1[C@@H]2CC(=O)[C@]2(C)CCC[C@@H]12. The standard InChI is InChI=1S/C19H28O2/c1-18-8-4-3-6-14(18)16(20)10-12-13-7-5-9-19(13,2)17(21)11-15(12)18/h12-15H,3-11H2,1-2H3/t12-,13-,14+,15-,18-,19+/m0/s1. The molecule has 0 unspecified atom stereocenters. The maximum Gasteiger partial charge on any atom is 0.139 e. The molecule has 6 atom stereocenters. The van der Waals surface area contributed by atoms with E-state index in [0.717, 1.165) is 25.7 Å². The fourth-order valence-electron chi connectivity index (χ4n) is 6.80. The van der Waals surface area contributed by atoms with Gasteiger partial charge < -0.3 is 0 Å². The maximum absolute atomic E-state index is 12.9. The van der Waals surface area contributed by atoms with Gasteiger partial charge in [0.1, 0.15) is 11.6 Å². The second-order valence-electron chi connectivity index (χ2n) is 8.79. The van der Waals surface area contributed by atoms with E-state index < -0.39 is 0 Å². The number of carbonyl (C=O) groups is 2. The summed E-state index contributed by atoms with van der Waals surface area (Å²) < 4.78 is 0. The van der Waals surface area contributed by atoms with Crippen LogP contribution in [0.3, 0.4) is 0 Å². The molecule has 21 heavy (non-hydrogen) atoms. The molecule has 4 saturated carbocycles. The van der Waals surface area contributed by atoms with Gasteiger partial charge in [0.25, 0.3) is 0 Å². The molecule has 0 aromatic carbocycles. The average Bonchev–Trinajstić information content (AvgIpc) is 2.85. The summed E-state index contributed by atoms with van der Waals surface area (Å²) >= 11 is 0. The predicted molar refractivity (Wildman–Crippen MR) is 81.7 cm³/mol. The molecular formula is C19H28O2. The molecule has 4 rings (SSSR count). The summed E-state index contributed by atoms with van der Waals surface area (Å²) in [6.07, 6.45) is 9.67. The molecular weight excluding hydrogens is 260 g/mol. The lowest BCUT2D eigenvalue weighted by atomic mass is 9.45. The van der Waals surface area contributed by atoms with Crippen molar-refractivity contribution in [2.24, 2.45) is 34.5 Å². The number of rotatable bonds is 0. The van der Waals surface area contributed by atoms with Crippen LogP contribution in [-0.4, -0.2) is 11.6 Å². The van der Waals surface area contributed by atoms with Gasteiger partial charge in [0, 0.05) is 24.2 Å². The number of ketones is 2. The quantitative estimate of drug-likeness (QED) is 0.670. The molecule has 0 N–H and O–H groups in total. The van der Waals surface area contributed by atoms with Crippen LogP contribution in [0.15, 0.2) is 0 Å². The van der Waals surface area contributed by atoms with Crippen LogP contribution in [0.25, 0.3) is 0 Å². The Morgan fingerprint density at radius 1 is 0.905 bits per heavy atom. The zero-order valence-corrected chi connectivity index (χ0v) is 13.5. The van der Waals surface area contributed by atoms with Gasteiger partial charge in [0.15, 0.2) is 0 Å². The summed E-state index contributed by atoms with van der Waals surface area (Å²) in [4.78, 5) is 25.6. The molecule has 2 heteroatoms. The van der Waals surface area contributed by atoms with Gasteiger partial charge in [0.2, 0.25) is 0 Å². The number of carbonyl (C=O) groups excluding carboxylic acids is 2. The van der Waals surface area contributed by atoms with Crippen LogP contribution < -0.4 is 0 Å². The molecule has 4 aliphatic rings. The van der Waals surface area contributed by atoms with Gasteiger partial charge in [-0.25, -0.2) is 0 Å². The van der Waals surface area contributed by atoms with Gasteiger partial charge in [-0.15, -0.1) is 0 Å². The second-order valence-corrected chi connectivity index (χ2v) is 8.79. The summed E-state index contributed by atoms with van der Waals surface area (Å²) in [6, 6.07) is 0. The number of Topliss-reactive ketones (excluding diaryl/α,β-unsaturated/α-hetero) is 2. The van der Waals surface area contributed by atoms with E-state index in [1.54, 1.807) is 0 Å². The first kappa shape index (κ1) is 14.0. The molecule has 0 bridgehead atoms. The van der Waals surface area contributed by atoms with Crippen molar-refractivity contribution in [1.29, 1.82) is 0 Å². The zero-order valence-electron chi connectivity index (χ0n) is 13.5. The predicted octanol–water partition coefficient (Wildman–Crippen LogP) is 4.17. The summed E-state index contributed by atoms with van der Waals surface area (Å²) in [5.74, 6) is 2.79. The molecule has 4 aliphatic carbocycles. The molecule has 0 aromatic heterocycles. The number of hydrogen-bond acceptors (Lipinski definition) is 2. The minimum atomic E-state index is -0.0979. The van der Waals surface area contributed by atoms with Gasteiger partial charge in [-0.05, 0) is 48.9 Å². The van der Waals surface area contributed by atoms with Crippen LogP contribution in [0.4, 0.5) is 0 Å². The molecule has 116 valence electrons. The zero-order chi connectivity index (χ0) is 14.8. The van der Waals surface area contributed by atoms with E-state index in [9.17, 15) is 9.59 Å². The van der Waals surface area contributed by atoms with Crippen LogP contribution >= 0.6 is 0 Å². The van der Waals surface area contributed by atoms with Gasteiger partial charge in [-0.3, -0.25) is 9.59 Å². The fourth-order valence-corrected chi connectivity index (χ4v) is 6.80. The van der Waals surface area contributed by atoms with E-state index in [4.69, 9.17) is 0 Å². The Balaban J connectivity index is 1.75. The van der Waals surface area contributed by atoms with Crippen LogP contribution in [0.2, 0.25) is 0 Å². The van der Waals surface area contributed by atoms with Crippen molar-refractivity contribution < 1.29 is 9.59 Å². The van der Waals surface area contributed by atoms with E-state index in [1.807, 2.05) is 0 Å². The number of fused-ring (bicyclic) bond motifs is 5. The van der Waals surface area contributed by atoms with Crippen molar-refractivity contribution in [1.82, 2.24) is 0 Å². The molecule has 0 spiro atoms. The topological polar surface area (TPSA) is 34.1 Å². The molecule has 0 heterocycles. The van der Waals surface area contributed by atoms with Gasteiger partial charge in [-0.1, -0.05) is 33.1 Å².